The maximum Gasteiger partial charge on any atom is 0.325 e. The predicted octanol–water partition coefficient (Wildman–Crippen LogP) is 0.175. The monoisotopic (exact) mass is 311 g/mol. The summed E-state index contributed by atoms with van der Waals surface area (Å²) in [6, 6.07) is 1.55. The summed E-state index contributed by atoms with van der Waals surface area (Å²) >= 11 is 0. The topological polar surface area (TPSA) is 127 Å². The normalized spacial score (nSPS) is 11.3. The van der Waals surface area contributed by atoms with Crippen LogP contribution in [0.3, 0.4) is 0 Å². The summed E-state index contributed by atoms with van der Waals surface area (Å²) in [6.07, 6.45) is 2.80. The van der Waals surface area contributed by atoms with Crippen molar-refractivity contribution in [3.8, 4) is 0 Å². The zero-order valence-corrected chi connectivity index (χ0v) is 12.1. The number of nitrogens with zero attached hydrogens (tertiary/aromatic N) is 4. The molecule has 9 nitrogen and oxygen atoms in total. The number of sulfonamides is 1. The Balaban J connectivity index is 2.41. The van der Waals surface area contributed by atoms with E-state index in [1.807, 2.05) is 0 Å². The van der Waals surface area contributed by atoms with Crippen molar-refractivity contribution in [3.05, 3.63) is 29.8 Å². The van der Waals surface area contributed by atoms with Crippen molar-refractivity contribution in [3.63, 3.8) is 0 Å². The third-order valence-corrected chi connectivity index (χ3v) is 4.24. The first kappa shape index (κ1) is 14.9. The Morgan fingerprint density at radius 3 is 2.52 bits per heavy atom. The molecule has 0 radical (unpaired) electrons. The summed E-state index contributed by atoms with van der Waals surface area (Å²) in [7, 11) is -3.94. The molecule has 21 heavy (non-hydrogen) atoms. The summed E-state index contributed by atoms with van der Waals surface area (Å²) in [5.74, 6) is -1.17. The lowest BCUT2D eigenvalue weighted by Gasteiger charge is -2.06. The second-order valence-electron chi connectivity index (χ2n) is 4.23. The Bertz CT molecular complexity index is 769. The molecule has 2 rings (SSSR count). The molecule has 0 spiro atoms. The second-order valence-corrected chi connectivity index (χ2v) is 5.85. The largest absolute Gasteiger partial charge is 0.480 e. The van der Waals surface area contributed by atoms with Crippen LogP contribution in [0.1, 0.15) is 11.4 Å². The third-order valence-electron chi connectivity index (χ3n) is 2.66. The Morgan fingerprint density at radius 2 is 1.95 bits per heavy atom. The van der Waals surface area contributed by atoms with Gasteiger partial charge in [-0.15, -0.1) is 0 Å². The molecule has 0 fully saturated rings. The van der Waals surface area contributed by atoms with Crippen LogP contribution in [0, 0.1) is 13.8 Å². The van der Waals surface area contributed by atoms with Crippen molar-refractivity contribution < 1.29 is 18.3 Å². The maximum absolute atomic E-state index is 12.4. The van der Waals surface area contributed by atoms with Gasteiger partial charge in [-0.3, -0.25) is 9.48 Å². The lowest BCUT2D eigenvalue weighted by molar-refractivity contribution is -0.137. The van der Waals surface area contributed by atoms with Crippen LogP contribution in [-0.2, 0) is 21.4 Å². The number of hydrogen-bond donors (Lipinski definition) is 2. The van der Waals surface area contributed by atoms with E-state index in [0.717, 1.165) is 4.68 Å². The summed E-state index contributed by atoms with van der Waals surface area (Å²) < 4.78 is 28.1. The van der Waals surface area contributed by atoms with E-state index in [2.05, 4.69) is 19.8 Å². The summed E-state index contributed by atoms with van der Waals surface area (Å²) in [6.45, 7) is 2.57. The smallest absolute Gasteiger partial charge is 0.325 e. The number of carboxylic acids is 1. The molecule has 2 heterocycles. The molecule has 112 valence electrons. The lowest BCUT2D eigenvalue weighted by Crippen LogP contribution is -2.17. The van der Waals surface area contributed by atoms with Crippen LogP contribution < -0.4 is 4.72 Å². The zero-order valence-electron chi connectivity index (χ0n) is 11.3. The van der Waals surface area contributed by atoms with Gasteiger partial charge in [0.1, 0.15) is 11.4 Å². The molecule has 0 atom stereocenters. The van der Waals surface area contributed by atoms with Crippen LogP contribution >= 0.6 is 0 Å². The van der Waals surface area contributed by atoms with Gasteiger partial charge in [-0.2, -0.15) is 5.10 Å². The highest BCUT2D eigenvalue weighted by Crippen LogP contribution is 2.21. The molecule has 0 saturated heterocycles. The molecule has 0 saturated carbocycles. The molecule has 0 bridgehead atoms. The Morgan fingerprint density at radius 1 is 1.33 bits per heavy atom. The molecule has 2 aromatic rings. The van der Waals surface area contributed by atoms with Crippen LogP contribution in [0.2, 0.25) is 0 Å². The number of rotatable bonds is 5. The molecule has 2 N–H and O–H groups in total. The van der Waals surface area contributed by atoms with Gasteiger partial charge < -0.3 is 5.11 Å². The van der Waals surface area contributed by atoms with Crippen molar-refractivity contribution >= 4 is 21.9 Å². The van der Waals surface area contributed by atoms with E-state index in [1.54, 1.807) is 6.07 Å². The van der Waals surface area contributed by atoms with E-state index in [-0.39, 0.29) is 22.2 Å². The van der Waals surface area contributed by atoms with Gasteiger partial charge in [-0.1, -0.05) is 0 Å². The molecule has 10 heteroatoms. The third kappa shape index (κ3) is 3.16. The fourth-order valence-electron chi connectivity index (χ4n) is 1.87. The number of carboxylic acid groups (broad SMARTS) is 1. The molecule has 0 aliphatic heterocycles. The Labute approximate surface area is 120 Å². The van der Waals surface area contributed by atoms with Gasteiger partial charge in [0.15, 0.2) is 0 Å². The number of aromatic nitrogens is 4. The average Bonchev–Trinajstić information content (AvgIpc) is 2.64. The number of hydrogen-bond acceptors (Lipinski definition) is 6. The van der Waals surface area contributed by atoms with Crippen LogP contribution in [0.4, 0.5) is 5.95 Å². The van der Waals surface area contributed by atoms with E-state index in [9.17, 15) is 13.2 Å². The first-order chi connectivity index (χ1) is 9.81. The van der Waals surface area contributed by atoms with Gasteiger partial charge in [-0.05, 0) is 19.9 Å². The number of anilines is 1. The van der Waals surface area contributed by atoms with E-state index in [1.165, 1.54) is 26.2 Å². The highest BCUT2D eigenvalue weighted by Gasteiger charge is 2.26. The quantitative estimate of drug-likeness (QED) is 0.806. The molecule has 0 aliphatic carbocycles. The van der Waals surface area contributed by atoms with E-state index >= 15 is 0 Å². The second kappa shape index (κ2) is 5.48. The minimum atomic E-state index is -3.94. The maximum atomic E-state index is 12.4. The van der Waals surface area contributed by atoms with E-state index in [0.29, 0.717) is 0 Å². The Kier molecular flexibility index (Phi) is 3.89. The summed E-state index contributed by atoms with van der Waals surface area (Å²) in [5.41, 5.74) is 0.440. The van der Waals surface area contributed by atoms with Gasteiger partial charge in [0.05, 0.1) is 11.4 Å². The van der Waals surface area contributed by atoms with Crippen LogP contribution in [0.5, 0.6) is 0 Å². The van der Waals surface area contributed by atoms with Crippen molar-refractivity contribution in [2.75, 3.05) is 4.72 Å². The van der Waals surface area contributed by atoms with Crippen molar-refractivity contribution in [2.45, 2.75) is 25.3 Å². The van der Waals surface area contributed by atoms with Crippen LogP contribution in [-0.4, -0.2) is 39.2 Å². The fourth-order valence-corrected chi connectivity index (χ4v) is 3.25. The van der Waals surface area contributed by atoms with Crippen LogP contribution in [0.15, 0.2) is 23.4 Å². The van der Waals surface area contributed by atoms with Crippen molar-refractivity contribution in [1.82, 2.24) is 19.7 Å². The number of nitrogens with one attached hydrogen (secondary N) is 1. The highest BCUT2D eigenvalue weighted by atomic mass is 32.2. The first-order valence-electron chi connectivity index (χ1n) is 5.87. The van der Waals surface area contributed by atoms with Crippen molar-refractivity contribution in [1.29, 1.82) is 0 Å². The van der Waals surface area contributed by atoms with Gasteiger partial charge in [0.25, 0.3) is 10.0 Å². The first-order valence-corrected chi connectivity index (χ1v) is 7.35. The minimum absolute atomic E-state index is 0.0673. The average molecular weight is 311 g/mol. The van der Waals surface area contributed by atoms with Gasteiger partial charge in [-0.25, -0.2) is 23.1 Å². The zero-order chi connectivity index (χ0) is 15.6. The number of aliphatic carboxylic acids is 1. The molecule has 0 amide bonds. The Hall–Kier alpha value is -2.49. The summed E-state index contributed by atoms with van der Waals surface area (Å²) in [4.78, 5) is 18.2. The minimum Gasteiger partial charge on any atom is -0.480 e. The molecular weight excluding hydrogens is 298 g/mol. The van der Waals surface area contributed by atoms with Crippen molar-refractivity contribution in [2.24, 2.45) is 0 Å². The molecular formula is C11H13N5O4S. The van der Waals surface area contributed by atoms with Gasteiger partial charge in [0.2, 0.25) is 5.95 Å². The van der Waals surface area contributed by atoms with Crippen LogP contribution in [0.25, 0.3) is 0 Å². The molecule has 0 unspecified atom stereocenters. The highest BCUT2D eigenvalue weighted by molar-refractivity contribution is 7.92. The van der Waals surface area contributed by atoms with E-state index in [4.69, 9.17) is 5.11 Å². The predicted molar refractivity (Wildman–Crippen MR) is 72.2 cm³/mol. The molecule has 0 aromatic carbocycles. The standard InChI is InChI=1S/C11H13N5O4S/c1-7-10(8(2)16(14-7)6-9(17)18)21(19,20)15-11-12-4-3-5-13-11/h3-5H,6H2,1-2H3,(H,17,18)(H,12,13,15). The number of aryl methyl sites for hydroxylation is 1. The van der Waals surface area contributed by atoms with Gasteiger partial charge >= 0.3 is 5.97 Å². The van der Waals surface area contributed by atoms with E-state index < -0.39 is 22.5 Å². The molecule has 2 aromatic heterocycles. The SMILES string of the molecule is Cc1nn(CC(=O)O)c(C)c1S(=O)(=O)Nc1ncccn1. The number of carbonyl (C=O) groups is 1. The fraction of sp³-hybridized carbons (Fsp3) is 0.273. The lowest BCUT2D eigenvalue weighted by atomic mass is 10.4. The molecule has 0 aliphatic rings. The van der Waals surface area contributed by atoms with Gasteiger partial charge in [0, 0.05) is 12.4 Å². The summed E-state index contributed by atoms with van der Waals surface area (Å²) in [5, 5.41) is 12.7.